The zero-order valence-corrected chi connectivity index (χ0v) is 22.6. The Balaban J connectivity index is 1.11. The molecule has 0 unspecified atom stereocenters. The number of fused-ring (bicyclic) bond motifs is 6. The van der Waals surface area contributed by atoms with Gasteiger partial charge in [0, 0.05) is 18.4 Å². The zero-order chi connectivity index (χ0) is 26.6. The van der Waals surface area contributed by atoms with Crippen LogP contribution >= 0.6 is 0 Å². The van der Waals surface area contributed by atoms with E-state index in [-0.39, 0.29) is 0 Å². The van der Waals surface area contributed by atoms with Crippen LogP contribution < -0.4 is 4.90 Å². The lowest BCUT2D eigenvalue weighted by molar-refractivity contribution is 1.21. The van der Waals surface area contributed by atoms with Crippen LogP contribution in [0.4, 0.5) is 11.4 Å². The molecule has 8 rings (SSSR count). The molecule has 40 heavy (non-hydrogen) atoms. The van der Waals surface area contributed by atoms with Crippen LogP contribution in [0.5, 0.6) is 0 Å². The molecule has 6 aromatic rings. The Kier molecular flexibility index (Phi) is 5.24. The molecule has 0 amide bonds. The maximum atomic E-state index is 2.37. The molecule has 2 aliphatic rings. The van der Waals surface area contributed by atoms with Gasteiger partial charge in [-0.25, -0.2) is 0 Å². The quantitative estimate of drug-likeness (QED) is 0.227. The van der Waals surface area contributed by atoms with E-state index in [4.69, 9.17) is 0 Å². The van der Waals surface area contributed by atoms with Crippen LogP contribution in [0.2, 0.25) is 0 Å². The summed E-state index contributed by atoms with van der Waals surface area (Å²) in [6, 6.07) is 49.3. The number of benzene rings is 6. The predicted octanol–water partition coefficient (Wildman–Crippen LogP) is 9.93. The SMILES string of the molecule is CN(c1cccc(-c2ccc3c(c2)-c2ccccc2C3)c1)c1cccc(-c2ccc3c(c2)-c2ccccc2C3)c1. The molecule has 0 atom stereocenters. The standard InChI is InChI=1S/C39H29N/c1-40(34-12-6-10-26(22-34)28-16-18-32-20-30-8-2-4-14-36(30)38(32)24-28)35-13-7-11-27(23-35)29-17-19-33-21-31-9-3-5-15-37(31)39(33)25-29/h2-19,22-25H,20-21H2,1H3. The predicted molar refractivity (Wildman–Crippen MR) is 168 cm³/mol. The lowest BCUT2D eigenvalue weighted by Gasteiger charge is -2.21. The van der Waals surface area contributed by atoms with Gasteiger partial charge in [0.2, 0.25) is 0 Å². The Labute approximate surface area is 236 Å². The molecule has 0 saturated carbocycles. The summed E-state index contributed by atoms with van der Waals surface area (Å²) in [5.41, 5.74) is 18.6. The highest BCUT2D eigenvalue weighted by Gasteiger charge is 2.20. The third kappa shape index (κ3) is 3.78. The number of hydrogen-bond donors (Lipinski definition) is 0. The molecule has 0 aromatic heterocycles. The second-order valence-corrected chi connectivity index (χ2v) is 11.1. The number of nitrogens with zero attached hydrogens (tertiary/aromatic N) is 1. The van der Waals surface area contributed by atoms with Gasteiger partial charge in [-0.3, -0.25) is 0 Å². The minimum Gasteiger partial charge on any atom is -0.345 e. The summed E-state index contributed by atoms with van der Waals surface area (Å²) in [5, 5.41) is 0. The maximum absolute atomic E-state index is 2.37. The summed E-state index contributed by atoms with van der Waals surface area (Å²) in [6.07, 6.45) is 2.06. The van der Waals surface area contributed by atoms with Crippen molar-refractivity contribution < 1.29 is 0 Å². The summed E-state index contributed by atoms with van der Waals surface area (Å²) >= 11 is 0. The largest absolute Gasteiger partial charge is 0.345 e. The first-order valence-electron chi connectivity index (χ1n) is 14.1. The minimum atomic E-state index is 1.03. The molecule has 0 heterocycles. The Morgan fingerprint density at radius 2 is 0.800 bits per heavy atom. The molecule has 1 nitrogen and oxygen atoms in total. The molecule has 1 heteroatoms. The highest BCUT2D eigenvalue weighted by molar-refractivity contribution is 5.84. The van der Waals surface area contributed by atoms with Gasteiger partial charge in [0.05, 0.1) is 0 Å². The molecular weight excluding hydrogens is 482 g/mol. The van der Waals surface area contributed by atoms with E-state index in [0.29, 0.717) is 0 Å². The van der Waals surface area contributed by atoms with Crippen LogP contribution in [0.3, 0.4) is 0 Å². The molecule has 0 fully saturated rings. The van der Waals surface area contributed by atoms with E-state index in [2.05, 4.69) is 145 Å². The smallest absolute Gasteiger partial charge is 0.0414 e. The first-order valence-corrected chi connectivity index (χ1v) is 14.1. The average molecular weight is 512 g/mol. The lowest BCUT2D eigenvalue weighted by Crippen LogP contribution is -2.09. The Bertz CT molecular complexity index is 1790. The van der Waals surface area contributed by atoms with Crippen molar-refractivity contribution in [3.8, 4) is 44.5 Å². The van der Waals surface area contributed by atoms with Gasteiger partial charge in [0.25, 0.3) is 0 Å². The molecule has 2 aliphatic carbocycles. The summed E-state index contributed by atoms with van der Waals surface area (Å²) in [7, 11) is 2.16. The Morgan fingerprint density at radius 1 is 0.375 bits per heavy atom. The first kappa shape index (κ1) is 23.0. The molecular formula is C39H29N. The molecule has 0 radical (unpaired) electrons. The lowest BCUT2D eigenvalue weighted by atomic mass is 9.97. The molecule has 0 aliphatic heterocycles. The van der Waals surface area contributed by atoms with Gasteiger partial charge in [-0.1, -0.05) is 97.1 Å². The first-order chi connectivity index (χ1) is 19.7. The van der Waals surface area contributed by atoms with E-state index in [1.165, 1.54) is 78.1 Å². The van der Waals surface area contributed by atoms with Crippen molar-refractivity contribution in [1.29, 1.82) is 0 Å². The van der Waals surface area contributed by atoms with Crippen molar-refractivity contribution in [2.24, 2.45) is 0 Å². The average Bonchev–Trinajstić information content (AvgIpc) is 3.58. The normalized spacial score (nSPS) is 12.4. The van der Waals surface area contributed by atoms with Crippen molar-refractivity contribution in [3.63, 3.8) is 0 Å². The highest BCUT2D eigenvalue weighted by Crippen LogP contribution is 2.41. The van der Waals surface area contributed by atoms with E-state index in [1.54, 1.807) is 0 Å². The van der Waals surface area contributed by atoms with Crippen LogP contribution in [0, 0.1) is 0 Å². The van der Waals surface area contributed by atoms with Gasteiger partial charge in [-0.15, -0.1) is 0 Å². The van der Waals surface area contributed by atoms with Gasteiger partial charge in [0.15, 0.2) is 0 Å². The van der Waals surface area contributed by atoms with Gasteiger partial charge in [0.1, 0.15) is 0 Å². The van der Waals surface area contributed by atoms with Gasteiger partial charge >= 0.3 is 0 Å². The number of hydrogen-bond acceptors (Lipinski definition) is 1. The second-order valence-electron chi connectivity index (χ2n) is 11.1. The fraction of sp³-hybridized carbons (Fsp3) is 0.0769. The summed E-state index contributed by atoms with van der Waals surface area (Å²) in [4.78, 5) is 2.29. The molecule has 6 aromatic carbocycles. The Hall–Kier alpha value is -4.88. The van der Waals surface area contributed by atoms with Crippen LogP contribution in [-0.2, 0) is 12.8 Å². The van der Waals surface area contributed by atoms with Crippen LogP contribution in [0.15, 0.2) is 133 Å². The van der Waals surface area contributed by atoms with Crippen molar-refractivity contribution in [2.45, 2.75) is 12.8 Å². The second kappa shape index (κ2) is 9.10. The zero-order valence-electron chi connectivity index (χ0n) is 22.6. The molecule has 190 valence electrons. The highest BCUT2D eigenvalue weighted by atomic mass is 15.1. The fourth-order valence-corrected chi connectivity index (χ4v) is 6.54. The fourth-order valence-electron chi connectivity index (χ4n) is 6.54. The van der Waals surface area contributed by atoms with Crippen molar-refractivity contribution >= 4 is 11.4 Å². The maximum Gasteiger partial charge on any atom is 0.0414 e. The van der Waals surface area contributed by atoms with Crippen molar-refractivity contribution in [2.75, 3.05) is 11.9 Å². The van der Waals surface area contributed by atoms with E-state index < -0.39 is 0 Å². The molecule has 0 spiro atoms. The topological polar surface area (TPSA) is 3.24 Å². The van der Waals surface area contributed by atoms with Gasteiger partial charge in [-0.2, -0.15) is 0 Å². The van der Waals surface area contributed by atoms with E-state index in [1.807, 2.05) is 0 Å². The number of rotatable bonds is 4. The van der Waals surface area contributed by atoms with Crippen LogP contribution in [0.1, 0.15) is 22.3 Å². The third-order valence-corrected chi connectivity index (χ3v) is 8.73. The van der Waals surface area contributed by atoms with Crippen LogP contribution in [-0.4, -0.2) is 7.05 Å². The third-order valence-electron chi connectivity index (χ3n) is 8.73. The Morgan fingerprint density at radius 3 is 1.30 bits per heavy atom. The molecule has 0 bridgehead atoms. The summed E-state index contributed by atoms with van der Waals surface area (Å²) < 4.78 is 0. The van der Waals surface area contributed by atoms with Crippen molar-refractivity contribution in [1.82, 2.24) is 0 Å². The summed E-state index contributed by atoms with van der Waals surface area (Å²) in [5.74, 6) is 0. The molecule has 0 saturated heterocycles. The van der Waals surface area contributed by atoms with Crippen LogP contribution in [0.25, 0.3) is 44.5 Å². The number of anilines is 2. The monoisotopic (exact) mass is 511 g/mol. The van der Waals surface area contributed by atoms with E-state index in [0.717, 1.165) is 12.8 Å². The summed E-state index contributed by atoms with van der Waals surface area (Å²) in [6.45, 7) is 0. The van der Waals surface area contributed by atoms with Crippen molar-refractivity contribution in [3.05, 3.63) is 156 Å². The molecule has 0 N–H and O–H groups in total. The van der Waals surface area contributed by atoms with Gasteiger partial charge < -0.3 is 4.90 Å². The van der Waals surface area contributed by atoms with Gasteiger partial charge in [-0.05, 0) is 116 Å². The van der Waals surface area contributed by atoms with E-state index in [9.17, 15) is 0 Å². The minimum absolute atomic E-state index is 1.03. The van der Waals surface area contributed by atoms with E-state index >= 15 is 0 Å².